The van der Waals surface area contributed by atoms with E-state index < -0.39 is 17.3 Å². The number of carbonyl (C=O) groups excluding carboxylic acids is 2. The summed E-state index contributed by atoms with van der Waals surface area (Å²) in [6, 6.07) is 0. The van der Waals surface area contributed by atoms with Crippen LogP contribution in [0.3, 0.4) is 0 Å². The number of ether oxygens (including phenoxy) is 5. The van der Waals surface area contributed by atoms with Crippen molar-refractivity contribution in [1.82, 2.24) is 5.32 Å². The highest BCUT2D eigenvalue weighted by Gasteiger charge is 2.26. The molecular weight excluding hydrogens is 482 g/mol. The molecule has 218 valence electrons. The monoisotopic (exact) mass is 533 g/mol. The molecule has 10 heteroatoms. The Kier molecular flexibility index (Phi) is 19.7. The van der Waals surface area contributed by atoms with Gasteiger partial charge >= 0.3 is 5.97 Å². The lowest BCUT2D eigenvalue weighted by molar-refractivity contribution is -0.144. The fraction of sp³-hybridized carbons (Fsp3) is 0.889. The van der Waals surface area contributed by atoms with Crippen molar-refractivity contribution in [2.24, 2.45) is 11.3 Å². The second-order valence-corrected chi connectivity index (χ2v) is 11.0. The number of Topliss-reactive ketones (excluding diaryl/α,β-unsaturated/α-hetero) is 2. The van der Waals surface area contributed by atoms with Crippen molar-refractivity contribution in [3.63, 3.8) is 0 Å². The molecule has 37 heavy (non-hydrogen) atoms. The maximum absolute atomic E-state index is 12.1. The summed E-state index contributed by atoms with van der Waals surface area (Å²) in [7, 11) is 0. The summed E-state index contributed by atoms with van der Waals surface area (Å²) in [6.07, 6.45) is 0.377. The molecule has 0 aliphatic rings. The molecule has 0 bridgehead atoms. The maximum atomic E-state index is 12.1. The van der Waals surface area contributed by atoms with Crippen LogP contribution in [-0.4, -0.2) is 101 Å². The van der Waals surface area contributed by atoms with Gasteiger partial charge in [-0.05, 0) is 27.2 Å². The minimum absolute atomic E-state index is 0.00522. The van der Waals surface area contributed by atoms with Gasteiger partial charge in [-0.3, -0.25) is 14.4 Å². The summed E-state index contributed by atoms with van der Waals surface area (Å²) in [5.74, 6) is -2.08. The van der Waals surface area contributed by atoms with Gasteiger partial charge in [-0.1, -0.05) is 20.8 Å². The summed E-state index contributed by atoms with van der Waals surface area (Å²) in [4.78, 5) is 35.5. The van der Waals surface area contributed by atoms with Crippen LogP contribution in [-0.2, 0) is 38.1 Å². The van der Waals surface area contributed by atoms with Crippen LogP contribution in [0.5, 0.6) is 0 Å². The highest BCUT2D eigenvalue weighted by Crippen LogP contribution is 2.21. The highest BCUT2D eigenvalue weighted by molar-refractivity contribution is 5.86. The second kappa shape index (κ2) is 20.5. The number of hydrogen-bond acceptors (Lipinski definition) is 9. The summed E-state index contributed by atoms with van der Waals surface area (Å²) < 4.78 is 27.2. The normalized spacial score (nSPS) is 13.0. The molecule has 0 rings (SSSR count). The number of hydrogen-bond donors (Lipinski definition) is 2. The van der Waals surface area contributed by atoms with Gasteiger partial charge < -0.3 is 34.1 Å². The molecule has 0 aliphatic heterocycles. The average Bonchev–Trinajstić information content (AvgIpc) is 2.79. The molecule has 10 nitrogen and oxygen atoms in total. The number of nitrogens with one attached hydrogen (secondary N) is 1. The fourth-order valence-corrected chi connectivity index (χ4v) is 3.04. The standard InChI is InChI=1S/C27H51NO9/c1-26(2,3)24(30)8-7-22(25(31)32)21-23(29)9-11-33-13-15-35-17-19-37-20-18-36-16-14-34-12-10-28-27(4,5)6/h22,28H,7-21H2,1-6H3,(H,31,32). The first kappa shape index (κ1) is 35.6. The van der Waals surface area contributed by atoms with E-state index in [9.17, 15) is 19.5 Å². The summed E-state index contributed by atoms with van der Waals surface area (Å²) >= 11 is 0. The summed E-state index contributed by atoms with van der Waals surface area (Å²) in [5, 5.41) is 12.7. The van der Waals surface area contributed by atoms with E-state index in [0.29, 0.717) is 59.5 Å². The molecule has 0 spiro atoms. The first-order valence-corrected chi connectivity index (χ1v) is 13.2. The van der Waals surface area contributed by atoms with Crippen LogP contribution in [0.1, 0.15) is 67.2 Å². The SMILES string of the molecule is CC(C)(C)NCCOCCOCCOCCOCCOCCC(=O)CC(CCC(=O)C(C)(C)C)C(=O)O. The Balaban J connectivity index is 3.55. The van der Waals surface area contributed by atoms with E-state index in [1.807, 2.05) is 0 Å². The van der Waals surface area contributed by atoms with E-state index in [-0.39, 0.29) is 49.4 Å². The van der Waals surface area contributed by atoms with Crippen LogP contribution in [0.15, 0.2) is 0 Å². The highest BCUT2D eigenvalue weighted by atomic mass is 16.6. The Morgan fingerprint density at radius 1 is 0.676 bits per heavy atom. The Bertz CT molecular complexity index is 626. The smallest absolute Gasteiger partial charge is 0.306 e. The zero-order valence-corrected chi connectivity index (χ0v) is 23.9. The number of rotatable bonds is 24. The van der Waals surface area contributed by atoms with Gasteiger partial charge in [0.25, 0.3) is 0 Å². The predicted octanol–water partition coefficient (Wildman–Crippen LogP) is 2.90. The van der Waals surface area contributed by atoms with Gasteiger partial charge in [0.15, 0.2) is 0 Å². The zero-order valence-electron chi connectivity index (χ0n) is 23.9. The van der Waals surface area contributed by atoms with E-state index >= 15 is 0 Å². The number of aliphatic carboxylic acids is 1. The van der Waals surface area contributed by atoms with Gasteiger partial charge in [0, 0.05) is 36.8 Å². The Hall–Kier alpha value is -1.43. The number of carboxylic acid groups (broad SMARTS) is 1. The zero-order chi connectivity index (χ0) is 28.2. The minimum atomic E-state index is -1.05. The molecule has 0 aromatic rings. The molecule has 0 aromatic heterocycles. The van der Waals surface area contributed by atoms with Crippen molar-refractivity contribution in [2.75, 3.05) is 72.6 Å². The Labute approximate surface area is 223 Å². The molecule has 0 fully saturated rings. The molecule has 0 radical (unpaired) electrons. The lowest BCUT2D eigenvalue weighted by Gasteiger charge is -2.20. The fourth-order valence-electron chi connectivity index (χ4n) is 3.04. The van der Waals surface area contributed by atoms with Gasteiger partial charge in [0.1, 0.15) is 11.6 Å². The van der Waals surface area contributed by atoms with E-state index in [1.165, 1.54) is 0 Å². The van der Waals surface area contributed by atoms with Crippen molar-refractivity contribution in [2.45, 2.75) is 72.8 Å². The average molecular weight is 534 g/mol. The molecule has 0 aliphatic carbocycles. The van der Waals surface area contributed by atoms with Gasteiger partial charge in [-0.25, -0.2) is 0 Å². The van der Waals surface area contributed by atoms with Crippen molar-refractivity contribution in [1.29, 1.82) is 0 Å². The van der Waals surface area contributed by atoms with Crippen molar-refractivity contribution < 1.29 is 43.2 Å². The number of ketones is 2. The summed E-state index contributed by atoms with van der Waals surface area (Å²) in [5.41, 5.74) is -0.414. The van der Waals surface area contributed by atoms with Gasteiger partial charge in [0.2, 0.25) is 0 Å². The molecule has 0 heterocycles. The van der Waals surface area contributed by atoms with Gasteiger partial charge in [-0.15, -0.1) is 0 Å². The number of carboxylic acids is 1. The van der Waals surface area contributed by atoms with Gasteiger partial charge in [0.05, 0.1) is 72.0 Å². The second-order valence-electron chi connectivity index (χ2n) is 11.0. The third-order valence-electron chi connectivity index (χ3n) is 5.29. The van der Waals surface area contributed by atoms with Crippen molar-refractivity contribution in [3.05, 3.63) is 0 Å². The molecule has 0 amide bonds. The Morgan fingerprint density at radius 2 is 1.11 bits per heavy atom. The van der Waals surface area contributed by atoms with Crippen LogP contribution in [0.4, 0.5) is 0 Å². The van der Waals surface area contributed by atoms with Gasteiger partial charge in [-0.2, -0.15) is 0 Å². The summed E-state index contributed by atoms with van der Waals surface area (Å²) in [6.45, 7) is 17.1. The molecular formula is C27H51NO9. The molecule has 2 N–H and O–H groups in total. The van der Waals surface area contributed by atoms with Crippen LogP contribution in [0.25, 0.3) is 0 Å². The lowest BCUT2D eigenvalue weighted by Crippen LogP contribution is -2.38. The predicted molar refractivity (Wildman–Crippen MR) is 141 cm³/mol. The topological polar surface area (TPSA) is 130 Å². The minimum Gasteiger partial charge on any atom is -0.481 e. The molecule has 0 aromatic carbocycles. The third-order valence-corrected chi connectivity index (χ3v) is 5.29. The van der Waals surface area contributed by atoms with Crippen LogP contribution >= 0.6 is 0 Å². The molecule has 0 saturated carbocycles. The van der Waals surface area contributed by atoms with E-state index in [2.05, 4.69) is 26.1 Å². The lowest BCUT2D eigenvalue weighted by atomic mass is 9.85. The molecule has 1 unspecified atom stereocenters. The number of carbonyl (C=O) groups is 3. The Morgan fingerprint density at radius 3 is 1.51 bits per heavy atom. The van der Waals surface area contributed by atoms with Crippen molar-refractivity contribution >= 4 is 17.5 Å². The van der Waals surface area contributed by atoms with Crippen LogP contribution in [0.2, 0.25) is 0 Å². The molecule has 0 saturated heterocycles. The van der Waals surface area contributed by atoms with E-state index in [4.69, 9.17) is 23.7 Å². The largest absolute Gasteiger partial charge is 0.481 e. The maximum Gasteiger partial charge on any atom is 0.306 e. The first-order valence-electron chi connectivity index (χ1n) is 13.2. The van der Waals surface area contributed by atoms with Crippen LogP contribution in [0, 0.1) is 11.3 Å². The third kappa shape index (κ3) is 23.4. The first-order chi connectivity index (χ1) is 17.3. The van der Waals surface area contributed by atoms with E-state index in [1.54, 1.807) is 20.8 Å². The molecule has 1 atom stereocenters. The van der Waals surface area contributed by atoms with Crippen LogP contribution < -0.4 is 5.32 Å². The van der Waals surface area contributed by atoms with E-state index in [0.717, 1.165) is 6.54 Å². The quantitative estimate of drug-likeness (QED) is 0.179. The van der Waals surface area contributed by atoms with Crippen molar-refractivity contribution in [3.8, 4) is 0 Å².